The van der Waals surface area contributed by atoms with Gasteiger partial charge >= 0.3 is 0 Å². The molecule has 2 aliphatic rings. The summed E-state index contributed by atoms with van der Waals surface area (Å²) in [5.74, 6) is 1.25. The van der Waals surface area contributed by atoms with Gasteiger partial charge in [-0.15, -0.1) is 0 Å². The molecule has 0 fully saturated rings. The molecule has 3 aromatic carbocycles. The molecule has 0 unspecified atom stereocenters. The molecule has 0 saturated heterocycles. The summed E-state index contributed by atoms with van der Waals surface area (Å²) in [4.78, 5) is 29.9. The van der Waals surface area contributed by atoms with Gasteiger partial charge in [0.25, 0.3) is 0 Å². The summed E-state index contributed by atoms with van der Waals surface area (Å²) in [5, 5.41) is 3.59. The Morgan fingerprint density at radius 2 is 1.73 bits per heavy atom. The number of nitrogens with zero attached hydrogens (tertiary/aromatic N) is 1. The molecule has 1 aliphatic carbocycles. The smallest absolute Gasteiger partial charge is 0.227 e. The minimum Gasteiger partial charge on any atom is -0.493 e. The Morgan fingerprint density at radius 3 is 2.49 bits per heavy atom. The fourth-order valence-electron chi connectivity index (χ4n) is 5.93. The number of methoxy groups -OCH3 is 1. The van der Waals surface area contributed by atoms with Crippen molar-refractivity contribution in [3.05, 3.63) is 95.2 Å². The molecule has 0 spiro atoms. The van der Waals surface area contributed by atoms with Crippen molar-refractivity contribution in [3.63, 3.8) is 0 Å². The normalized spacial score (nSPS) is 17.7. The van der Waals surface area contributed by atoms with Gasteiger partial charge in [-0.25, -0.2) is 0 Å². The Labute approximate surface area is 243 Å². The van der Waals surface area contributed by atoms with E-state index in [1.165, 1.54) is 0 Å². The zero-order chi connectivity index (χ0) is 29.0. The number of anilines is 2. The number of ketones is 1. The number of hydrogen-bond acceptors (Lipinski definition) is 5. The number of rotatable bonds is 9. The van der Waals surface area contributed by atoms with Crippen molar-refractivity contribution >= 4 is 23.1 Å². The summed E-state index contributed by atoms with van der Waals surface area (Å²) in [6.07, 6.45) is 4.36. The summed E-state index contributed by atoms with van der Waals surface area (Å²) in [7, 11) is 1.62. The van der Waals surface area contributed by atoms with Crippen molar-refractivity contribution in [2.24, 2.45) is 5.41 Å². The molecule has 1 amide bonds. The first-order valence-electron chi connectivity index (χ1n) is 14.6. The number of para-hydroxylation sites is 2. The maximum atomic E-state index is 14.1. The van der Waals surface area contributed by atoms with Crippen molar-refractivity contribution in [2.45, 2.75) is 71.9 Å². The minimum atomic E-state index is -0.587. The topological polar surface area (TPSA) is 67.9 Å². The second-order valence-electron chi connectivity index (χ2n) is 11.8. The maximum absolute atomic E-state index is 14.1. The van der Waals surface area contributed by atoms with Crippen LogP contribution in [0, 0.1) is 5.41 Å². The van der Waals surface area contributed by atoms with Crippen molar-refractivity contribution in [1.29, 1.82) is 0 Å². The third kappa shape index (κ3) is 6.17. The predicted molar refractivity (Wildman–Crippen MR) is 163 cm³/mol. The molecule has 214 valence electrons. The fraction of sp³-hybridized carbons (Fsp3) is 0.371. The summed E-state index contributed by atoms with van der Waals surface area (Å²) in [6, 6.07) is 23.0. The van der Waals surface area contributed by atoms with Crippen molar-refractivity contribution in [2.75, 3.05) is 17.3 Å². The number of Topliss-reactive ketones (excluding diaryl/α,β-unsaturated/α-hetero) is 1. The third-order valence-electron chi connectivity index (χ3n) is 7.90. The molecule has 3 aromatic rings. The van der Waals surface area contributed by atoms with Crippen LogP contribution in [0.4, 0.5) is 11.4 Å². The molecule has 0 bridgehead atoms. The van der Waals surface area contributed by atoms with Crippen LogP contribution in [-0.2, 0) is 16.2 Å². The number of carbonyl (C=O) groups is 2. The molecule has 6 heteroatoms. The second-order valence-corrected chi connectivity index (χ2v) is 11.8. The summed E-state index contributed by atoms with van der Waals surface area (Å²) in [5.41, 5.74) is 4.85. The minimum absolute atomic E-state index is 0.00690. The monoisotopic (exact) mass is 552 g/mol. The molecule has 1 heterocycles. The average molecular weight is 553 g/mol. The van der Waals surface area contributed by atoms with Gasteiger partial charge in [-0.3, -0.25) is 14.5 Å². The summed E-state index contributed by atoms with van der Waals surface area (Å²) in [6.45, 7) is 6.78. The van der Waals surface area contributed by atoms with Crippen molar-refractivity contribution in [3.8, 4) is 11.5 Å². The van der Waals surface area contributed by atoms with Gasteiger partial charge in [0.2, 0.25) is 5.91 Å². The molecule has 0 radical (unpaired) electrons. The van der Waals surface area contributed by atoms with Crippen molar-refractivity contribution < 1.29 is 19.1 Å². The summed E-state index contributed by atoms with van der Waals surface area (Å²) < 4.78 is 11.9. The lowest BCUT2D eigenvalue weighted by atomic mass is 9.73. The number of fused-ring (bicyclic) bond motifs is 1. The van der Waals surface area contributed by atoms with Crippen LogP contribution in [-0.4, -0.2) is 18.8 Å². The highest BCUT2D eigenvalue weighted by Gasteiger charge is 2.43. The van der Waals surface area contributed by atoms with E-state index in [1.807, 2.05) is 77.7 Å². The highest BCUT2D eigenvalue weighted by molar-refractivity contribution is 6.06. The number of unbranched alkanes of at least 4 members (excludes halogenated alkanes) is 2. The van der Waals surface area contributed by atoms with E-state index < -0.39 is 6.04 Å². The largest absolute Gasteiger partial charge is 0.493 e. The maximum Gasteiger partial charge on any atom is 0.227 e. The molecule has 5 rings (SSSR count). The van der Waals surface area contributed by atoms with E-state index in [0.717, 1.165) is 47.5 Å². The highest BCUT2D eigenvalue weighted by Crippen LogP contribution is 2.49. The van der Waals surface area contributed by atoms with Crippen LogP contribution < -0.4 is 19.7 Å². The van der Waals surface area contributed by atoms with Gasteiger partial charge in [0, 0.05) is 24.1 Å². The van der Waals surface area contributed by atoms with Crippen LogP contribution in [0.2, 0.25) is 0 Å². The number of benzene rings is 3. The Hall–Kier alpha value is -4.06. The first kappa shape index (κ1) is 28.5. The fourth-order valence-corrected chi connectivity index (χ4v) is 5.93. The third-order valence-corrected chi connectivity index (χ3v) is 7.90. The molecule has 0 aromatic heterocycles. The number of carbonyl (C=O) groups excluding carboxylic acids is 2. The number of amides is 1. The predicted octanol–water partition coefficient (Wildman–Crippen LogP) is 8.00. The van der Waals surface area contributed by atoms with Gasteiger partial charge in [-0.1, -0.05) is 82.1 Å². The Kier molecular flexibility index (Phi) is 8.48. The van der Waals surface area contributed by atoms with Crippen LogP contribution in [0.3, 0.4) is 0 Å². The van der Waals surface area contributed by atoms with Crippen LogP contribution in [0.25, 0.3) is 0 Å². The Bertz CT molecular complexity index is 1440. The van der Waals surface area contributed by atoms with Crippen LogP contribution in [0.1, 0.15) is 76.5 Å². The summed E-state index contributed by atoms with van der Waals surface area (Å²) >= 11 is 0. The molecule has 6 nitrogen and oxygen atoms in total. The second kappa shape index (κ2) is 12.2. The molecule has 1 aliphatic heterocycles. The van der Waals surface area contributed by atoms with Crippen LogP contribution in [0.5, 0.6) is 11.5 Å². The number of ether oxygens (including phenoxy) is 2. The van der Waals surface area contributed by atoms with Gasteiger partial charge < -0.3 is 14.8 Å². The molecule has 0 saturated carbocycles. The zero-order valence-corrected chi connectivity index (χ0v) is 24.5. The molecular weight excluding hydrogens is 512 g/mol. The van der Waals surface area contributed by atoms with Gasteiger partial charge in [0.05, 0.1) is 24.5 Å². The van der Waals surface area contributed by atoms with Gasteiger partial charge in [0.1, 0.15) is 6.61 Å². The lowest BCUT2D eigenvalue weighted by Gasteiger charge is -2.37. The molecule has 41 heavy (non-hydrogen) atoms. The van der Waals surface area contributed by atoms with E-state index in [1.54, 1.807) is 7.11 Å². The SMILES string of the molecule is CCCCCC(=O)N1c2ccccc2NC2=C(C(=O)CC(C)(C)C2)[C@@H]1c1ccc(OCc2ccccc2)c(OC)c1. The van der Waals surface area contributed by atoms with Gasteiger partial charge in [0.15, 0.2) is 17.3 Å². The highest BCUT2D eigenvalue weighted by atomic mass is 16.5. The van der Waals surface area contributed by atoms with Gasteiger partial charge in [-0.2, -0.15) is 0 Å². The zero-order valence-electron chi connectivity index (χ0n) is 24.5. The van der Waals surface area contributed by atoms with E-state index in [2.05, 4.69) is 26.1 Å². The van der Waals surface area contributed by atoms with E-state index >= 15 is 0 Å². The Balaban J connectivity index is 1.62. The van der Waals surface area contributed by atoms with E-state index in [4.69, 9.17) is 9.47 Å². The van der Waals surface area contributed by atoms with E-state index in [0.29, 0.717) is 42.9 Å². The number of allylic oxidation sites excluding steroid dienone is 1. The molecular formula is C35H40N2O4. The molecule has 1 N–H and O–H groups in total. The van der Waals surface area contributed by atoms with Crippen LogP contribution >= 0.6 is 0 Å². The number of hydrogen-bond donors (Lipinski definition) is 1. The number of nitrogens with one attached hydrogen (secondary N) is 1. The first-order chi connectivity index (χ1) is 19.8. The molecule has 1 atom stereocenters. The quantitative estimate of drug-likeness (QED) is 0.273. The Morgan fingerprint density at radius 1 is 0.976 bits per heavy atom. The average Bonchev–Trinajstić information content (AvgIpc) is 3.10. The lowest BCUT2D eigenvalue weighted by Crippen LogP contribution is -2.39. The van der Waals surface area contributed by atoms with Crippen LogP contribution in [0.15, 0.2) is 84.1 Å². The standard InChI is InChI=1S/C35H40N2O4/c1-5-6-8-17-32(39)37-28-16-12-11-15-26(28)36-27-21-35(2,3)22-29(38)33(27)34(37)25-18-19-30(31(20-25)40-4)41-23-24-13-9-7-10-14-24/h7,9-16,18-20,34,36H,5-6,8,17,21-23H2,1-4H3/t34-/m0/s1. The first-order valence-corrected chi connectivity index (χ1v) is 14.6. The lowest BCUT2D eigenvalue weighted by molar-refractivity contribution is -0.119. The van der Waals surface area contributed by atoms with E-state index in [-0.39, 0.29) is 17.1 Å². The van der Waals surface area contributed by atoms with E-state index in [9.17, 15) is 9.59 Å². The van der Waals surface area contributed by atoms with Crippen molar-refractivity contribution in [1.82, 2.24) is 0 Å². The van der Waals surface area contributed by atoms with Gasteiger partial charge in [-0.05, 0) is 53.6 Å².